The van der Waals surface area contributed by atoms with Crippen LogP contribution in [0.15, 0.2) is 0 Å². The Morgan fingerprint density at radius 1 is 0.765 bits per heavy atom. The van der Waals surface area contributed by atoms with Crippen molar-refractivity contribution in [2.45, 2.75) is 65.2 Å². The topological polar surface area (TPSA) is 38.0 Å². The van der Waals surface area contributed by atoms with Gasteiger partial charge < -0.3 is 0 Å². The lowest BCUT2D eigenvalue weighted by molar-refractivity contribution is -0.425. The van der Waals surface area contributed by atoms with Gasteiger partial charge in [-0.3, -0.25) is 15.6 Å². The minimum atomic E-state index is 1.07. The molecule has 0 radical (unpaired) electrons. The Morgan fingerprint density at radius 2 is 1.24 bits per heavy atom. The van der Waals surface area contributed by atoms with E-state index in [4.69, 9.17) is 0 Å². The Hall–Kier alpha value is -0.730. The van der Waals surface area contributed by atoms with E-state index in [1.807, 2.05) is 7.05 Å². The molecule has 17 heavy (non-hydrogen) atoms. The van der Waals surface area contributed by atoms with Crippen LogP contribution in [0.25, 0.3) is 0 Å². The molecular formula is C14H32N3+. The second-order valence-corrected chi connectivity index (χ2v) is 4.60. The minimum Gasteiger partial charge on any atom is -0.281 e. The summed E-state index contributed by atoms with van der Waals surface area (Å²) < 4.78 is 0. The number of hydrogen-bond acceptors (Lipinski definition) is 0. The number of nitrogens with one attached hydrogen (secondary N) is 3. The average molecular weight is 242 g/mol. The third kappa shape index (κ3) is 11.5. The van der Waals surface area contributed by atoms with Crippen LogP contribution in [-0.4, -0.2) is 26.1 Å². The lowest BCUT2D eigenvalue weighted by Crippen LogP contribution is -2.75. The van der Waals surface area contributed by atoms with E-state index < -0.39 is 0 Å². The van der Waals surface area contributed by atoms with E-state index in [0.717, 1.165) is 19.0 Å². The first-order valence-corrected chi connectivity index (χ1v) is 7.37. The third-order valence-electron chi connectivity index (χ3n) is 2.91. The minimum absolute atomic E-state index is 1.07. The second-order valence-electron chi connectivity index (χ2n) is 4.60. The molecule has 3 N–H and O–H groups in total. The van der Waals surface area contributed by atoms with Crippen molar-refractivity contribution in [1.29, 1.82) is 0 Å². The zero-order valence-corrected chi connectivity index (χ0v) is 12.1. The van der Waals surface area contributed by atoms with Gasteiger partial charge in [-0.1, -0.05) is 52.4 Å². The number of rotatable bonds is 10. The van der Waals surface area contributed by atoms with Crippen LogP contribution >= 0.6 is 0 Å². The van der Waals surface area contributed by atoms with Gasteiger partial charge in [0.1, 0.15) is 0 Å². The van der Waals surface area contributed by atoms with Gasteiger partial charge in [0, 0.05) is 0 Å². The molecule has 102 valence electrons. The summed E-state index contributed by atoms with van der Waals surface area (Å²) in [6.45, 7) is 6.63. The van der Waals surface area contributed by atoms with Crippen molar-refractivity contribution in [3.63, 3.8) is 0 Å². The predicted octanol–water partition coefficient (Wildman–Crippen LogP) is 1.39. The van der Waals surface area contributed by atoms with Crippen LogP contribution in [0.1, 0.15) is 65.2 Å². The molecule has 0 fully saturated rings. The van der Waals surface area contributed by atoms with E-state index in [1.165, 1.54) is 51.4 Å². The summed E-state index contributed by atoms with van der Waals surface area (Å²) in [6.07, 6.45) is 10.5. The fourth-order valence-corrected chi connectivity index (χ4v) is 1.77. The molecule has 0 aliphatic heterocycles. The molecule has 0 aromatic carbocycles. The molecule has 0 aromatic heterocycles. The maximum Gasteiger partial charge on any atom is 0.343 e. The van der Waals surface area contributed by atoms with Gasteiger partial charge >= 0.3 is 5.96 Å². The highest BCUT2D eigenvalue weighted by molar-refractivity contribution is 5.73. The van der Waals surface area contributed by atoms with Crippen LogP contribution in [0.2, 0.25) is 0 Å². The molecule has 3 nitrogen and oxygen atoms in total. The molecule has 0 unspecified atom stereocenters. The lowest BCUT2D eigenvalue weighted by Gasteiger charge is -2.05. The van der Waals surface area contributed by atoms with Crippen LogP contribution in [0.4, 0.5) is 0 Å². The molecule has 0 bridgehead atoms. The molecule has 0 aliphatic rings. The Bertz CT molecular complexity index is 162. The second kappa shape index (κ2) is 13.3. The van der Waals surface area contributed by atoms with Gasteiger partial charge in [-0.15, -0.1) is 0 Å². The normalized spacial score (nSPS) is 10.1. The maximum atomic E-state index is 3.41. The molecule has 0 aliphatic carbocycles. The van der Waals surface area contributed by atoms with E-state index >= 15 is 0 Å². The van der Waals surface area contributed by atoms with Crippen LogP contribution in [-0.2, 0) is 0 Å². The van der Waals surface area contributed by atoms with Crippen molar-refractivity contribution < 1.29 is 4.99 Å². The van der Waals surface area contributed by atoms with Crippen LogP contribution < -0.4 is 15.6 Å². The first kappa shape index (κ1) is 16.3. The fourth-order valence-electron chi connectivity index (χ4n) is 1.77. The lowest BCUT2D eigenvalue weighted by atomic mass is 10.2. The van der Waals surface area contributed by atoms with Crippen molar-refractivity contribution in [2.24, 2.45) is 0 Å². The smallest absolute Gasteiger partial charge is 0.281 e. The molecular weight excluding hydrogens is 210 g/mol. The molecule has 0 saturated heterocycles. The van der Waals surface area contributed by atoms with E-state index in [9.17, 15) is 0 Å². The summed E-state index contributed by atoms with van der Waals surface area (Å²) in [4.78, 5) is 3.18. The van der Waals surface area contributed by atoms with Crippen molar-refractivity contribution >= 4 is 5.96 Å². The Morgan fingerprint density at radius 3 is 1.59 bits per heavy atom. The molecule has 0 spiro atoms. The fraction of sp³-hybridized carbons (Fsp3) is 0.929. The number of guanidine groups is 1. The standard InChI is InChI=1S/C14H31N3/c1-4-6-8-10-12-16-14(15-3)17-13-11-9-7-5-2/h4-13H2,1-3H3,(H2,15,16,17)/p+1. The third-order valence-corrected chi connectivity index (χ3v) is 2.91. The monoisotopic (exact) mass is 242 g/mol. The number of unbranched alkanes of at least 4 members (excludes halogenated alkanes) is 6. The summed E-state index contributed by atoms with van der Waals surface area (Å²) in [5.74, 6) is 1.08. The van der Waals surface area contributed by atoms with Gasteiger partial charge in [0.15, 0.2) is 0 Å². The summed E-state index contributed by atoms with van der Waals surface area (Å²) in [7, 11) is 1.97. The van der Waals surface area contributed by atoms with Crippen molar-refractivity contribution in [3.05, 3.63) is 0 Å². The largest absolute Gasteiger partial charge is 0.343 e. The molecule has 0 amide bonds. The van der Waals surface area contributed by atoms with E-state index in [1.54, 1.807) is 0 Å². The first-order valence-electron chi connectivity index (χ1n) is 7.37. The van der Waals surface area contributed by atoms with Gasteiger partial charge in [0.25, 0.3) is 0 Å². The van der Waals surface area contributed by atoms with Crippen molar-refractivity contribution in [1.82, 2.24) is 10.6 Å². The molecule has 0 aromatic rings. The molecule has 0 atom stereocenters. The highest BCUT2D eigenvalue weighted by Gasteiger charge is 2.02. The van der Waals surface area contributed by atoms with Gasteiger partial charge in [0.05, 0.1) is 20.1 Å². The van der Waals surface area contributed by atoms with Crippen molar-refractivity contribution in [3.8, 4) is 0 Å². The summed E-state index contributed by atoms with van der Waals surface area (Å²) in [5.41, 5.74) is 0. The highest BCUT2D eigenvalue weighted by atomic mass is 15.2. The van der Waals surface area contributed by atoms with Crippen LogP contribution in [0, 0.1) is 0 Å². The van der Waals surface area contributed by atoms with Gasteiger partial charge in [-0.2, -0.15) is 0 Å². The van der Waals surface area contributed by atoms with Crippen molar-refractivity contribution in [2.75, 3.05) is 20.1 Å². The summed E-state index contributed by atoms with van der Waals surface area (Å²) in [6, 6.07) is 0. The Balaban J connectivity index is 3.37. The average Bonchev–Trinajstić information content (AvgIpc) is 2.36. The van der Waals surface area contributed by atoms with E-state index in [2.05, 4.69) is 29.5 Å². The van der Waals surface area contributed by atoms with E-state index in [0.29, 0.717) is 0 Å². The maximum absolute atomic E-state index is 3.41. The molecule has 0 heterocycles. The van der Waals surface area contributed by atoms with Crippen LogP contribution in [0.5, 0.6) is 0 Å². The van der Waals surface area contributed by atoms with E-state index in [-0.39, 0.29) is 0 Å². The van der Waals surface area contributed by atoms with Gasteiger partial charge in [0.2, 0.25) is 0 Å². The summed E-state index contributed by atoms with van der Waals surface area (Å²) >= 11 is 0. The van der Waals surface area contributed by atoms with Crippen LogP contribution in [0.3, 0.4) is 0 Å². The first-order chi connectivity index (χ1) is 8.35. The number of hydrogen-bond donors (Lipinski definition) is 3. The molecule has 3 heteroatoms. The SMILES string of the molecule is CCCCCCNC(NCCCCCC)=[NH+]C. The molecule has 0 rings (SSSR count). The molecule has 0 saturated carbocycles. The zero-order chi connectivity index (χ0) is 12.8. The highest BCUT2D eigenvalue weighted by Crippen LogP contribution is 1.97. The summed E-state index contributed by atoms with van der Waals surface area (Å²) in [5, 5.41) is 6.83. The van der Waals surface area contributed by atoms with Gasteiger partial charge in [-0.05, 0) is 12.8 Å². The predicted molar refractivity (Wildman–Crippen MR) is 76.2 cm³/mol. The van der Waals surface area contributed by atoms with Gasteiger partial charge in [-0.25, -0.2) is 0 Å². The zero-order valence-electron chi connectivity index (χ0n) is 12.1. The Kier molecular flexibility index (Phi) is 12.8. The quantitative estimate of drug-likeness (QED) is 0.308. The Labute approximate surface area is 107 Å².